The van der Waals surface area contributed by atoms with Gasteiger partial charge < -0.3 is 14.8 Å². The van der Waals surface area contributed by atoms with Crippen molar-refractivity contribution >= 4 is 17.6 Å². The zero-order chi connectivity index (χ0) is 17.7. The summed E-state index contributed by atoms with van der Waals surface area (Å²) in [6, 6.07) is 16.8. The predicted molar refractivity (Wildman–Crippen MR) is 94.7 cm³/mol. The highest BCUT2D eigenvalue weighted by Gasteiger charge is 2.63. The maximum atomic E-state index is 12.8. The summed E-state index contributed by atoms with van der Waals surface area (Å²) in [6.45, 7) is 0. The fourth-order valence-corrected chi connectivity index (χ4v) is 4.82. The van der Waals surface area contributed by atoms with Crippen molar-refractivity contribution in [2.75, 3.05) is 5.32 Å². The van der Waals surface area contributed by atoms with Crippen LogP contribution in [0.25, 0.3) is 0 Å². The Morgan fingerprint density at radius 1 is 1.00 bits per heavy atom. The first-order chi connectivity index (χ1) is 12.7. The molecule has 26 heavy (non-hydrogen) atoms. The first kappa shape index (κ1) is 15.4. The second kappa shape index (κ2) is 5.87. The molecule has 0 unspecified atom stereocenters. The van der Waals surface area contributed by atoms with Crippen LogP contribution in [0.1, 0.15) is 12.8 Å². The Balaban J connectivity index is 1.27. The van der Waals surface area contributed by atoms with Crippen LogP contribution in [0.15, 0.2) is 54.6 Å². The smallest absolute Gasteiger partial charge is 0.310 e. The molecule has 2 bridgehead atoms. The van der Waals surface area contributed by atoms with Gasteiger partial charge in [-0.15, -0.1) is 0 Å². The van der Waals surface area contributed by atoms with Crippen molar-refractivity contribution in [3.05, 3.63) is 54.6 Å². The third-order valence-corrected chi connectivity index (χ3v) is 5.89. The van der Waals surface area contributed by atoms with Crippen LogP contribution in [0.4, 0.5) is 5.69 Å². The lowest BCUT2D eigenvalue weighted by Crippen LogP contribution is -2.35. The van der Waals surface area contributed by atoms with Gasteiger partial charge in [-0.05, 0) is 55.2 Å². The second-order valence-corrected chi connectivity index (χ2v) is 7.35. The standard InChI is InChI=1S/C21H19NO4/c23-20(18-12-10-16-17(11-12)26-21(24)19(16)18)22-13-6-8-15(9-7-13)25-14-4-2-1-3-5-14/h1-9,12,16-19H,10-11H2,(H,22,23)/t12-,16+,17+,18-,19+/m1/s1. The third-order valence-electron chi connectivity index (χ3n) is 5.89. The zero-order valence-electron chi connectivity index (χ0n) is 14.1. The molecule has 2 aromatic rings. The number of carbonyl (C=O) groups is 2. The number of benzene rings is 2. The minimum atomic E-state index is -0.258. The van der Waals surface area contributed by atoms with Gasteiger partial charge in [0.2, 0.25) is 5.91 Å². The Morgan fingerprint density at radius 2 is 1.73 bits per heavy atom. The minimum absolute atomic E-state index is 0.0518. The maximum absolute atomic E-state index is 12.8. The molecule has 3 fully saturated rings. The Bertz CT molecular complexity index is 846. The van der Waals surface area contributed by atoms with Crippen LogP contribution < -0.4 is 10.1 Å². The van der Waals surface area contributed by atoms with E-state index < -0.39 is 0 Å². The van der Waals surface area contributed by atoms with Crippen molar-refractivity contribution < 1.29 is 19.1 Å². The molecule has 1 N–H and O–H groups in total. The number of fused-ring (bicyclic) bond motifs is 1. The summed E-state index contributed by atoms with van der Waals surface area (Å²) >= 11 is 0. The van der Waals surface area contributed by atoms with E-state index in [0.717, 1.165) is 18.6 Å². The molecular formula is C21H19NO4. The first-order valence-corrected chi connectivity index (χ1v) is 9.03. The number of para-hydroxylation sites is 1. The zero-order valence-corrected chi connectivity index (χ0v) is 14.1. The number of anilines is 1. The average Bonchev–Trinajstić information content (AvgIpc) is 3.26. The molecule has 2 aliphatic carbocycles. The molecule has 1 amide bonds. The molecule has 1 saturated heterocycles. The van der Waals surface area contributed by atoms with Crippen LogP contribution >= 0.6 is 0 Å². The van der Waals surface area contributed by atoms with Gasteiger partial charge in [0.05, 0.1) is 11.8 Å². The topological polar surface area (TPSA) is 64.6 Å². The molecule has 3 aliphatic rings. The molecule has 1 aliphatic heterocycles. The highest BCUT2D eigenvalue weighted by Crippen LogP contribution is 2.57. The molecule has 2 aromatic carbocycles. The fraction of sp³-hybridized carbons (Fsp3) is 0.333. The summed E-state index contributed by atoms with van der Waals surface area (Å²) in [7, 11) is 0. The van der Waals surface area contributed by atoms with Crippen molar-refractivity contribution in [2.24, 2.45) is 23.7 Å². The molecule has 5 atom stereocenters. The van der Waals surface area contributed by atoms with Gasteiger partial charge in [-0.25, -0.2) is 0 Å². The van der Waals surface area contributed by atoms with Crippen LogP contribution in [0.5, 0.6) is 11.5 Å². The summed E-state index contributed by atoms with van der Waals surface area (Å²) in [6.07, 6.45) is 1.81. The van der Waals surface area contributed by atoms with Crippen molar-refractivity contribution in [2.45, 2.75) is 18.9 Å². The summed E-state index contributed by atoms with van der Waals surface area (Å²) in [5, 5.41) is 2.96. The van der Waals surface area contributed by atoms with Crippen LogP contribution in [0.3, 0.4) is 0 Å². The van der Waals surface area contributed by atoms with E-state index in [2.05, 4.69) is 5.32 Å². The van der Waals surface area contributed by atoms with Gasteiger partial charge in [-0.3, -0.25) is 9.59 Å². The largest absolute Gasteiger partial charge is 0.462 e. The highest BCUT2D eigenvalue weighted by molar-refractivity contribution is 5.97. The van der Waals surface area contributed by atoms with Gasteiger partial charge in [-0.2, -0.15) is 0 Å². The second-order valence-electron chi connectivity index (χ2n) is 7.35. The van der Waals surface area contributed by atoms with E-state index in [1.165, 1.54) is 0 Å². The number of esters is 1. The number of carbonyl (C=O) groups excluding carboxylic acids is 2. The molecule has 132 valence electrons. The predicted octanol–water partition coefficient (Wildman–Crippen LogP) is 3.62. The Hall–Kier alpha value is -2.82. The summed E-state index contributed by atoms with van der Waals surface area (Å²) < 4.78 is 11.2. The lowest BCUT2D eigenvalue weighted by Gasteiger charge is -2.23. The van der Waals surface area contributed by atoms with Gasteiger partial charge in [-0.1, -0.05) is 18.2 Å². The van der Waals surface area contributed by atoms with E-state index in [1.54, 1.807) is 0 Å². The Labute approximate surface area is 151 Å². The number of rotatable bonds is 4. The molecule has 0 radical (unpaired) electrons. The van der Waals surface area contributed by atoms with E-state index in [0.29, 0.717) is 11.4 Å². The van der Waals surface area contributed by atoms with Gasteiger partial charge in [0.15, 0.2) is 0 Å². The summed E-state index contributed by atoms with van der Waals surface area (Å²) in [5.41, 5.74) is 0.709. The SMILES string of the molecule is O=C(Nc1ccc(Oc2ccccc2)cc1)[C@@H]1[C@@H]2C[C@@H]3[C@@H]1C(=O)O[C@H]3C2. The van der Waals surface area contributed by atoms with E-state index in [9.17, 15) is 9.59 Å². The van der Waals surface area contributed by atoms with Crippen molar-refractivity contribution in [3.63, 3.8) is 0 Å². The molecule has 5 heteroatoms. The van der Waals surface area contributed by atoms with E-state index in [-0.39, 0.29) is 41.7 Å². The van der Waals surface area contributed by atoms with E-state index >= 15 is 0 Å². The van der Waals surface area contributed by atoms with Gasteiger partial charge >= 0.3 is 5.97 Å². The van der Waals surface area contributed by atoms with E-state index in [4.69, 9.17) is 9.47 Å². The first-order valence-electron chi connectivity index (χ1n) is 9.03. The third kappa shape index (κ3) is 2.46. The van der Waals surface area contributed by atoms with Crippen molar-refractivity contribution in [1.82, 2.24) is 0 Å². The van der Waals surface area contributed by atoms with Crippen LogP contribution in [0, 0.1) is 23.7 Å². The quantitative estimate of drug-likeness (QED) is 0.857. The number of hydrogen-bond donors (Lipinski definition) is 1. The lowest BCUT2D eigenvalue weighted by atomic mass is 9.79. The number of amides is 1. The summed E-state index contributed by atoms with van der Waals surface area (Å²) in [4.78, 5) is 24.8. The van der Waals surface area contributed by atoms with Gasteiger partial charge in [0.25, 0.3) is 0 Å². The van der Waals surface area contributed by atoms with Crippen molar-refractivity contribution in [1.29, 1.82) is 0 Å². The maximum Gasteiger partial charge on any atom is 0.310 e. The number of hydrogen-bond acceptors (Lipinski definition) is 4. The average molecular weight is 349 g/mol. The molecule has 0 spiro atoms. The Kier molecular flexibility index (Phi) is 3.48. The van der Waals surface area contributed by atoms with Crippen molar-refractivity contribution in [3.8, 4) is 11.5 Å². The monoisotopic (exact) mass is 349 g/mol. The van der Waals surface area contributed by atoms with Crippen LogP contribution in [0.2, 0.25) is 0 Å². The van der Waals surface area contributed by atoms with Crippen LogP contribution in [-0.4, -0.2) is 18.0 Å². The molecule has 1 heterocycles. The minimum Gasteiger partial charge on any atom is -0.462 e. The molecule has 5 nitrogen and oxygen atoms in total. The summed E-state index contributed by atoms with van der Waals surface area (Å²) in [5.74, 6) is 1.21. The number of ether oxygens (including phenoxy) is 2. The lowest BCUT2D eigenvalue weighted by molar-refractivity contribution is -0.145. The molecular weight excluding hydrogens is 330 g/mol. The van der Waals surface area contributed by atoms with Gasteiger partial charge in [0.1, 0.15) is 17.6 Å². The van der Waals surface area contributed by atoms with E-state index in [1.807, 2.05) is 54.6 Å². The van der Waals surface area contributed by atoms with Crippen LogP contribution in [-0.2, 0) is 14.3 Å². The fourth-order valence-electron chi connectivity index (χ4n) is 4.82. The molecule has 2 saturated carbocycles. The molecule has 0 aromatic heterocycles. The highest BCUT2D eigenvalue weighted by atomic mass is 16.6. The number of nitrogens with one attached hydrogen (secondary N) is 1. The van der Waals surface area contributed by atoms with Gasteiger partial charge in [0, 0.05) is 11.6 Å². The molecule has 5 rings (SSSR count). The Morgan fingerprint density at radius 3 is 2.50 bits per heavy atom. The normalized spacial score (nSPS) is 30.9.